The monoisotopic (exact) mass is 470 g/mol. The highest BCUT2D eigenvalue weighted by Gasteiger charge is 2.43. The number of fused-ring (bicyclic) bond motifs is 1. The third-order valence-corrected chi connectivity index (χ3v) is 6.17. The highest BCUT2D eigenvalue weighted by Crippen LogP contribution is 2.45. The van der Waals surface area contributed by atoms with Crippen molar-refractivity contribution < 1.29 is 27.4 Å². The van der Waals surface area contributed by atoms with Crippen molar-refractivity contribution in [2.45, 2.75) is 31.0 Å². The molecule has 2 heterocycles. The van der Waals surface area contributed by atoms with Crippen LogP contribution in [0.25, 0.3) is 0 Å². The van der Waals surface area contributed by atoms with Crippen molar-refractivity contribution in [3.8, 4) is 11.5 Å². The standard InChI is InChI=1S/C24H21F3N4O3/c1-33-18-9-8-14(12-19(18)34-2)15-10-16-20(17(32)11-15)21(13-6-4-3-5-7-13)31-23(28-16)29-22(30-31)24(25,26)27/h3-9,12,15,21H,10-11H2,1-2H3,(H,28,29,30)/t15-,21+/m0/s1. The molecule has 0 unspecified atom stereocenters. The van der Waals surface area contributed by atoms with Crippen LogP contribution in [-0.4, -0.2) is 34.8 Å². The number of rotatable bonds is 4. The van der Waals surface area contributed by atoms with Gasteiger partial charge in [0, 0.05) is 17.7 Å². The summed E-state index contributed by atoms with van der Waals surface area (Å²) in [5, 5.41) is 6.69. The van der Waals surface area contributed by atoms with Crippen LogP contribution < -0.4 is 14.8 Å². The molecule has 0 amide bonds. The number of alkyl halides is 3. The highest BCUT2D eigenvalue weighted by atomic mass is 19.4. The van der Waals surface area contributed by atoms with Gasteiger partial charge in [-0.15, -0.1) is 5.10 Å². The molecule has 0 fully saturated rings. The Bertz CT molecular complexity index is 1280. The molecule has 7 nitrogen and oxygen atoms in total. The lowest BCUT2D eigenvalue weighted by Crippen LogP contribution is -2.33. The molecular formula is C24H21F3N4O3. The summed E-state index contributed by atoms with van der Waals surface area (Å²) in [6.45, 7) is 0. The Labute approximate surface area is 193 Å². The number of nitrogens with zero attached hydrogens (tertiary/aromatic N) is 3. The molecule has 0 radical (unpaired) electrons. The summed E-state index contributed by atoms with van der Waals surface area (Å²) in [5.74, 6) is -0.523. The fourth-order valence-corrected chi connectivity index (χ4v) is 4.62. The van der Waals surface area contributed by atoms with Crippen LogP contribution in [0.3, 0.4) is 0 Å². The summed E-state index contributed by atoms with van der Waals surface area (Å²) in [7, 11) is 3.08. The zero-order valence-electron chi connectivity index (χ0n) is 18.4. The molecule has 176 valence electrons. The maximum Gasteiger partial charge on any atom is 0.453 e. The lowest BCUT2D eigenvalue weighted by molar-refractivity contribution is -0.145. The molecule has 3 aromatic rings. The fraction of sp³-hybridized carbons (Fsp3) is 0.292. The van der Waals surface area contributed by atoms with E-state index in [2.05, 4.69) is 15.4 Å². The normalized spacial score (nSPS) is 19.9. The van der Waals surface area contributed by atoms with E-state index in [0.717, 1.165) is 10.2 Å². The van der Waals surface area contributed by atoms with Crippen LogP contribution in [0.15, 0.2) is 59.8 Å². The zero-order chi connectivity index (χ0) is 24.0. The van der Waals surface area contributed by atoms with Gasteiger partial charge in [0.25, 0.3) is 5.82 Å². The molecule has 5 rings (SSSR count). The quantitative estimate of drug-likeness (QED) is 0.594. The minimum atomic E-state index is -4.71. The third-order valence-electron chi connectivity index (χ3n) is 6.17. The second kappa shape index (κ2) is 8.19. The number of anilines is 1. The van der Waals surface area contributed by atoms with E-state index in [0.29, 0.717) is 34.8 Å². The number of carbonyl (C=O) groups excluding carboxylic acids is 1. The molecule has 0 saturated carbocycles. The molecule has 2 atom stereocenters. The van der Waals surface area contributed by atoms with E-state index in [1.54, 1.807) is 43.5 Å². The lowest BCUT2D eigenvalue weighted by atomic mass is 9.78. The number of benzene rings is 2. The summed E-state index contributed by atoms with van der Waals surface area (Å²) in [6, 6.07) is 13.6. The molecule has 34 heavy (non-hydrogen) atoms. The van der Waals surface area contributed by atoms with E-state index in [4.69, 9.17) is 9.47 Å². The third kappa shape index (κ3) is 3.68. The van der Waals surface area contributed by atoms with Gasteiger partial charge in [-0.05, 0) is 35.6 Å². The second-order valence-corrected chi connectivity index (χ2v) is 8.17. The van der Waals surface area contributed by atoms with Crippen LogP contribution in [0.2, 0.25) is 0 Å². The second-order valence-electron chi connectivity index (χ2n) is 8.17. The lowest BCUT2D eigenvalue weighted by Gasteiger charge is -2.35. The minimum Gasteiger partial charge on any atom is -0.493 e. The average Bonchev–Trinajstić information content (AvgIpc) is 3.27. The van der Waals surface area contributed by atoms with Gasteiger partial charge >= 0.3 is 6.18 Å². The molecule has 0 spiro atoms. The van der Waals surface area contributed by atoms with Crippen LogP contribution >= 0.6 is 0 Å². The summed E-state index contributed by atoms with van der Waals surface area (Å²) >= 11 is 0. The number of ketones is 1. The van der Waals surface area contributed by atoms with Crippen molar-refractivity contribution in [2.24, 2.45) is 0 Å². The summed E-state index contributed by atoms with van der Waals surface area (Å²) in [4.78, 5) is 17.1. The topological polar surface area (TPSA) is 78.3 Å². The van der Waals surface area contributed by atoms with Crippen molar-refractivity contribution in [3.63, 3.8) is 0 Å². The van der Waals surface area contributed by atoms with Gasteiger partial charge in [-0.2, -0.15) is 18.2 Å². The van der Waals surface area contributed by atoms with Crippen molar-refractivity contribution in [2.75, 3.05) is 19.5 Å². The molecule has 0 bridgehead atoms. The van der Waals surface area contributed by atoms with Gasteiger partial charge in [-0.25, -0.2) is 4.68 Å². The van der Waals surface area contributed by atoms with E-state index in [1.807, 2.05) is 12.1 Å². The van der Waals surface area contributed by atoms with Gasteiger partial charge in [-0.1, -0.05) is 36.4 Å². The first-order valence-electron chi connectivity index (χ1n) is 10.6. The van der Waals surface area contributed by atoms with Crippen molar-refractivity contribution in [1.82, 2.24) is 14.8 Å². The number of carbonyl (C=O) groups is 1. The van der Waals surface area contributed by atoms with Crippen LogP contribution in [0, 0.1) is 0 Å². The highest BCUT2D eigenvalue weighted by molar-refractivity contribution is 6.00. The molecule has 2 aromatic carbocycles. The first kappa shape index (κ1) is 22.0. The van der Waals surface area contributed by atoms with Crippen molar-refractivity contribution >= 4 is 11.7 Å². The predicted octanol–water partition coefficient (Wildman–Crippen LogP) is 4.73. The van der Waals surface area contributed by atoms with Gasteiger partial charge < -0.3 is 14.8 Å². The molecule has 10 heteroatoms. The number of hydrogen-bond donors (Lipinski definition) is 1. The molecule has 1 aliphatic heterocycles. The SMILES string of the molecule is COc1ccc([C@@H]2CC(=O)C3=C(C2)Nc2nc(C(F)(F)F)nn2[C@@H]3c2ccccc2)cc1OC. The van der Waals surface area contributed by atoms with E-state index >= 15 is 0 Å². The number of halogens is 3. The maximum atomic E-state index is 13.4. The van der Waals surface area contributed by atoms with Crippen LogP contribution in [0.5, 0.6) is 11.5 Å². The molecule has 1 aliphatic carbocycles. The molecular weight excluding hydrogens is 449 g/mol. The Kier molecular flexibility index (Phi) is 5.30. The van der Waals surface area contributed by atoms with Gasteiger partial charge in [-0.3, -0.25) is 4.79 Å². The van der Waals surface area contributed by atoms with Gasteiger partial charge in [0.15, 0.2) is 17.3 Å². The smallest absolute Gasteiger partial charge is 0.453 e. The predicted molar refractivity (Wildman–Crippen MR) is 117 cm³/mol. The average molecular weight is 470 g/mol. The molecule has 1 N–H and O–H groups in total. The fourth-order valence-electron chi connectivity index (χ4n) is 4.62. The molecule has 2 aliphatic rings. The van der Waals surface area contributed by atoms with Gasteiger partial charge in [0.1, 0.15) is 6.04 Å². The largest absolute Gasteiger partial charge is 0.493 e. The van der Waals surface area contributed by atoms with Crippen LogP contribution in [0.1, 0.15) is 41.8 Å². The number of aromatic nitrogens is 3. The Morgan fingerprint density at radius 3 is 2.41 bits per heavy atom. The van der Waals surface area contributed by atoms with Crippen LogP contribution in [-0.2, 0) is 11.0 Å². The Morgan fingerprint density at radius 2 is 1.74 bits per heavy atom. The minimum absolute atomic E-state index is 0.0410. The van der Waals surface area contributed by atoms with E-state index in [1.165, 1.54) is 7.11 Å². The number of nitrogens with one attached hydrogen (secondary N) is 1. The summed E-state index contributed by atoms with van der Waals surface area (Å²) in [5.41, 5.74) is 2.50. The van der Waals surface area contributed by atoms with Crippen LogP contribution in [0.4, 0.5) is 19.1 Å². The zero-order valence-corrected chi connectivity index (χ0v) is 18.4. The first-order chi connectivity index (χ1) is 16.3. The Hall–Kier alpha value is -3.82. The van der Waals surface area contributed by atoms with Gasteiger partial charge in [0.05, 0.1) is 14.2 Å². The number of hydrogen-bond acceptors (Lipinski definition) is 6. The Morgan fingerprint density at radius 1 is 1.00 bits per heavy atom. The van der Waals surface area contributed by atoms with E-state index < -0.39 is 18.0 Å². The van der Waals surface area contributed by atoms with E-state index in [-0.39, 0.29) is 24.1 Å². The number of allylic oxidation sites excluding steroid dienone is 2. The number of methoxy groups -OCH3 is 2. The summed E-state index contributed by atoms with van der Waals surface area (Å²) in [6.07, 6.45) is -4.08. The Balaban J connectivity index is 1.58. The first-order valence-corrected chi connectivity index (χ1v) is 10.6. The number of Topliss-reactive ketones (excluding diaryl/α,β-unsaturated/α-hetero) is 1. The maximum absolute atomic E-state index is 13.4. The number of ether oxygens (including phenoxy) is 2. The van der Waals surface area contributed by atoms with Crippen molar-refractivity contribution in [3.05, 3.63) is 76.8 Å². The molecule has 0 saturated heterocycles. The summed E-state index contributed by atoms with van der Waals surface area (Å²) < 4.78 is 52.0. The van der Waals surface area contributed by atoms with Gasteiger partial charge in [0.2, 0.25) is 5.95 Å². The van der Waals surface area contributed by atoms with E-state index in [9.17, 15) is 18.0 Å². The molecule has 1 aromatic heterocycles. The van der Waals surface area contributed by atoms with Crippen molar-refractivity contribution in [1.29, 1.82) is 0 Å².